The first-order valence-corrected chi connectivity index (χ1v) is 9.58. The van der Waals surface area contributed by atoms with Gasteiger partial charge in [-0.2, -0.15) is 0 Å². The van der Waals surface area contributed by atoms with Crippen molar-refractivity contribution in [3.8, 4) is 11.1 Å². The zero-order valence-electron chi connectivity index (χ0n) is 15.2. The van der Waals surface area contributed by atoms with Crippen LogP contribution < -0.4 is 0 Å². The van der Waals surface area contributed by atoms with Gasteiger partial charge in [0, 0.05) is 19.6 Å². The minimum absolute atomic E-state index is 1.07. The Kier molecular flexibility index (Phi) is 5.00. The van der Waals surface area contributed by atoms with Gasteiger partial charge in [0.05, 0.1) is 0 Å². The molecule has 25 heavy (non-hydrogen) atoms. The first-order chi connectivity index (χ1) is 12.3. The molecule has 0 radical (unpaired) electrons. The van der Waals surface area contributed by atoms with Crippen LogP contribution >= 0.6 is 0 Å². The molecule has 1 heterocycles. The normalized spacial score (nSPS) is 18.8. The van der Waals surface area contributed by atoms with Gasteiger partial charge in [-0.15, -0.1) is 0 Å². The molecule has 0 N–H and O–H groups in total. The van der Waals surface area contributed by atoms with Gasteiger partial charge in [-0.05, 0) is 67.2 Å². The van der Waals surface area contributed by atoms with Crippen molar-refractivity contribution in [2.75, 3.05) is 33.2 Å². The van der Waals surface area contributed by atoms with Crippen molar-refractivity contribution < 1.29 is 0 Å². The molecule has 0 saturated carbocycles. The number of likely N-dealkylation sites (N-methyl/N-ethyl adjacent to an activating group) is 1. The Morgan fingerprint density at radius 1 is 0.920 bits per heavy atom. The lowest BCUT2D eigenvalue weighted by Crippen LogP contribution is -2.28. The standard InChI is InChI=1S/C23H28N2/c1-24-14-5-15-25(17-16-24)18-19-10-12-21(13-11-19)23-9-4-7-20-6-2-3-8-22(20)23/h3-4,7-13H,2,5-6,14-18H2,1H3. The third kappa shape index (κ3) is 3.86. The maximum absolute atomic E-state index is 2.59. The molecule has 1 aliphatic heterocycles. The van der Waals surface area contributed by atoms with E-state index in [1.807, 2.05) is 0 Å². The monoisotopic (exact) mass is 332 g/mol. The predicted octanol–water partition coefficient (Wildman–Crippen LogP) is 4.45. The minimum Gasteiger partial charge on any atom is -0.305 e. The fourth-order valence-corrected chi connectivity index (χ4v) is 4.03. The summed E-state index contributed by atoms with van der Waals surface area (Å²) in [7, 11) is 2.23. The van der Waals surface area contributed by atoms with Crippen molar-refractivity contribution in [1.82, 2.24) is 9.80 Å². The fourth-order valence-electron chi connectivity index (χ4n) is 4.03. The number of benzene rings is 2. The Labute approximate surface area is 151 Å². The van der Waals surface area contributed by atoms with Crippen LogP contribution in [-0.4, -0.2) is 43.0 Å². The van der Waals surface area contributed by atoms with Crippen molar-refractivity contribution >= 4 is 6.08 Å². The Balaban J connectivity index is 1.50. The number of fused-ring (bicyclic) bond motifs is 1. The molecule has 2 aliphatic rings. The molecule has 0 bridgehead atoms. The summed E-state index contributed by atoms with van der Waals surface area (Å²) in [5, 5.41) is 0. The molecular formula is C23H28N2. The van der Waals surface area contributed by atoms with Gasteiger partial charge in [0.25, 0.3) is 0 Å². The van der Waals surface area contributed by atoms with Crippen LogP contribution in [0, 0.1) is 0 Å². The highest BCUT2D eigenvalue weighted by molar-refractivity contribution is 5.78. The average molecular weight is 332 g/mol. The second-order valence-corrected chi connectivity index (χ2v) is 7.45. The maximum atomic E-state index is 2.59. The molecule has 1 fully saturated rings. The molecule has 0 atom stereocenters. The second kappa shape index (κ2) is 7.55. The van der Waals surface area contributed by atoms with Gasteiger partial charge >= 0.3 is 0 Å². The number of nitrogens with zero attached hydrogens (tertiary/aromatic N) is 2. The Morgan fingerprint density at radius 3 is 2.68 bits per heavy atom. The molecule has 4 rings (SSSR count). The van der Waals surface area contributed by atoms with Crippen LogP contribution in [0.25, 0.3) is 17.2 Å². The van der Waals surface area contributed by atoms with Crippen molar-refractivity contribution in [2.45, 2.75) is 25.8 Å². The summed E-state index contributed by atoms with van der Waals surface area (Å²) in [6.07, 6.45) is 8.21. The molecule has 0 aromatic heterocycles. The lowest BCUT2D eigenvalue weighted by Gasteiger charge is -2.20. The SMILES string of the molecule is CN1CCCN(Cc2ccc(-c3cccc4c3C=CCC4)cc2)CC1. The quantitative estimate of drug-likeness (QED) is 0.819. The van der Waals surface area contributed by atoms with E-state index in [2.05, 4.69) is 71.5 Å². The van der Waals surface area contributed by atoms with Crippen molar-refractivity contribution in [3.05, 3.63) is 65.2 Å². The molecular weight excluding hydrogens is 304 g/mol. The van der Waals surface area contributed by atoms with E-state index in [4.69, 9.17) is 0 Å². The van der Waals surface area contributed by atoms with E-state index in [0.717, 1.165) is 6.54 Å². The zero-order valence-corrected chi connectivity index (χ0v) is 15.2. The summed E-state index contributed by atoms with van der Waals surface area (Å²) in [6.45, 7) is 5.86. The summed E-state index contributed by atoms with van der Waals surface area (Å²) in [4.78, 5) is 5.03. The van der Waals surface area contributed by atoms with Crippen LogP contribution in [0.15, 0.2) is 48.5 Å². The highest BCUT2D eigenvalue weighted by Crippen LogP contribution is 2.31. The zero-order chi connectivity index (χ0) is 17.1. The predicted molar refractivity (Wildman–Crippen MR) is 107 cm³/mol. The van der Waals surface area contributed by atoms with Gasteiger partial charge in [-0.3, -0.25) is 4.90 Å². The number of hydrogen-bond donors (Lipinski definition) is 0. The Morgan fingerprint density at radius 2 is 1.80 bits per heavy atom. The van der Waals surface area contributed by atoms with Crippen LogP contribution in [0.1, 0.15) is 29.5 Å². The number of allylic oxidation sites excluding steroid dienone is 1. The van der Waals surface area contributed by atoms with Crippen LogP contribution in [-0.2, 0) is 13.0 Å². The van der Waals surface area contributed by atoms with E-state index in [-0.39, 0.29) is 0 Å². The van der Waals surface area contributed by atoms with Crippen molar-refractivity contribution in [1.29, 1.82) is 0 Å². The number of rotatable bonds is 3. The van der Waals surface area contributed by atoms with E-state index in [1.54, 1.807) is 0 Å². The summed E-state index contributed by atoms with van der Waals surface area (Å²) >= 11 is 0. The third-order valence-corrected chi connectivity index (χ3v) is 5.54. The number of aryl methyl sites for hydroxylation is 1. The first kappa shape index (κ1) is 16.6. The van der Waals surface area contributed by atoms with E-state index in [9.17, 15) is 0 Å². The summed E-state index contributed by atoms with van der Waals surface area (Å²) in [5.74, 6) is 0. The van der Waals surface area contributed by atoms with Gasteiger partial charge in [-0.1, -0.05) is 54.6 Å². The molecule has 1 saturated heterocycles. The molecule has 0 spiro atoms. The molecule has 0 amide bonds. The highest BCUT2D eigenvalue weighted by Gasteiger charge is 2.13. The van der Waals surface area contributed by atoms with Gasteiger partial charge in [-0.25, -0.2) is 0 Å². The lowest BCUT2D eigenvalue weighted by atomic mass is 9.90. The first-order valence-electron chi connectivity index (χ1n) is 9.58. The largest absolute Gasteiger partial charge is 0.305 e. The summed E-state index contributed by atoms with van der Waals surface area (Å²) in [5.41, 5.74) is 7.03. The van der Waals surface area contributed by atoms with E-state index in [0.29, 0.717) is 0 Å². The Hall–Kier alpha value is -1.90. The molecule has 2 aromatic carbocycles. The van der Waals surface area contributed by atoms with Crippen LogP contribution in [0.3, 0.4) is 0 Å². The fraction of sp³-hybridized carbons (Fsp3) is 0.391. The molecule has 2 aromatic rings. The maximum Gasteiger partial charge on any atom is 0.0234 e. The van der Waals surface area contributed by atoms with Crippen molar-refractivity contribution in [3.63, 3.8) is 0 Å². The Bertz CT molecular complexity index is 745. The van der Waals surface area contributed by atoms with Gasteiger partial charge in [0.2, 0.25) is 0 Å². The van der Waals surface area contributed by atoms with Crippen LogP contribution in [0.5, 0.6) is 0 Å². The topological polar surface area (TPSA) is 6.48 Å². The molecule has 2 heteroatoms. The van der Waals surface area contributed by atoms with Gasteiger partial charge in [0.1, 0.15) is 0 Å². The third-order valence-electron chi connectivity index (χ3n) is 5.54. The van der Waals surface area contributed by atoms with E-state index < -0.39 is 0 Å². The van der Waals surface area contributed by atoms with E-state index >= 15 is 0 Å². The highest BCUT2D eigenvalue weighted by atomic mass is 15.2. The molecule has 2 nitrogen and oxygen atoms in total. The average Bonchev–Trinajstić information content (AvgIpc) is 2.86. The van der Waals surface area contributed by atoms with Crippen molar-refractivity contribution in [2.24, 2.45) is 0 Å². The van der Waals surface area contributed by atoms with Crippen LogP contribution in [0.2, 0.25) is 0 Å². The smallest absolute Gasteiger partial charge is 0.0234 e. The molecule has 130 valence electrons. The molecule has 0 unspecified atom stereocenters. The minimum atomic E-state index is 1.07. The van der Waals surface area contributed by atoms with Gasteiger partial charge in [0.15, 0.2) is 0 Å². The lowest BCUT2D eigenvalue weighted by molar-refractivity contribution is 0.269. The molecule has 1 aliphatic carbocycles. The second-order valence-electron chi connectivity index (χ2n) is 7.45. The van der Waals surface area contributed by atoms with Crippen LogP contribution in [0.4, 0.5) is 0 Å². The van der Waals surface area contributed by atoms with Gasteiger partial charge < -0.3 is 4.90 Å². The summed E-state index contributed by atoms with van der Waals surface area (Å²) < 4.78 is 0. The summed E-state index contributed by atoms with van der Waals surface area (Å²) in [6, 6.07) is 16.0. The van der Waals surface area contributed by atoms with E-state index in [1.165, 1.54) is 73.3 Å². The number of hydrogen-bond acceptors (Lipinski definition) is 2.